The van der Waals surface area contributed by atoms with E-state index < -0.39 is 12.1 Å². The number of hydrogen-bond donors (Lipinski definition) is 3. The molecule has 0 aliphatic carbocycles. The molecule has 3 N–H and O–H groups in total. The number of aliphatic hydroxyl groups excluding tert-OH is 2. The Bertz CT molecular complexity index is 1380. The van der Waals surface area contributed by atoms with Crippen molar-refractivity contribution in [2.45, 2.75) is 475 Å². The van der Waals surface area contributed by atoms with Crippen LogP contribution in [0.5, 0.6) is 0 Å². The number of unbranched alkanes of at least 4 members (excludes halogenated alkanes) is 62. The average Bonchev–Trinajstić information content (AvgIpc) is 3.58. The fourth-order valence-electron chi connectivity index (χ4n) is 13.1. The van der Waals surface area contributed by atoms with E-state index in [0.717, 1.165) is 44.9 Å². The minimum absolute atomic E-state index is 0.0198. The Morgan fingerprint density at radius 3 is 0.886 bits per heavy atom. The second-order valence-corrected chi connectivity index (χ2v) is 28.1. The molecular formula is C82H159NO5. The molecule has 0 rings (SSSR count). The summed E-state index contributed by atoms with van der Waals surface area (Å²) in [6.45, 7) is 4.98. The van der Waals surface area contributed by atoms with Crippen LogP contribution in [-0.2, 0) is 14.3 Å². The quantitative estimate of drug-likeness (QED) is 0.0320. The van der Waals surface area contributed by atoms with E-state index in [1.807, 2.05) is 0 Å². The minimum Gasteiger partial charge on any atom is -0.466 e. The Kier molecular flexibility index (Phi) is 76.3. The number of esters is 1. The summed E-state index contributed by atoms with van der Waals surface area (Å²) in [5.41, 5.74) is 0. The average molecular weight is 1240 g/mol. The molecule has 6 heteroatoms. The highest BCUT2D eigenvalue weighted by molar-refractivity contribution is 5.76. The van der Waals surface area contributed by atoms with Crippen LogP contribution in [0.15, 0.2) is 24.3 Å². The van der Waals surface area contributed by atoms with Crippen LogP contribution in [0.3, 0.4) is 0 Å². The van der Waals surface area contributed by atoms with Crippen molar-refractivity contribution >= 4 is 11.9 Å². The van der Waals surface area contributed by atoms with Gasteiger partial charge in [-0.1, -0.05) is 417 Å². The molecule has 0 aliphatic rings. The standard InChI is InChI=1S/C82H159NO5/c1-3-5-7-9-11-13-15-17-19-21-39-44-48-52-56-60-64-68-72-76-82(87)88-77-73-69-65-61-57-53-49-45-41-38-36-34-32-30-28-26-24-22-23-25-27-29-31-33-35-37-40-43-47-51-55-59-63-67-71-75-81(86)83-79(78-84)80(85)74-70-66-62-58-54-50-46-42-20-18-16-14-12-10-8-6-4-2/h11,13,17,19,79-80,84-85H,3-10,12,14-16,18,20-78H2,1-2H3,(H,83,86)/b13-11-,19-17-. The van der Waals surface area contributed by atoms with Gasteiger partial charge in [-0.05, 0) is 57.8 Å². The van der Waals surface area contributed by atoms with Crippen LogP contribution in [0.1, 0.15) is 463 Å². The van der Waals surface area contributed by atoms with Crippen molar-refractivity contribution in [1.29, 1.82) is 0 Å². The number of allylic oxidation sites excluding steroid dienone is 4. The second-order valence-electron chi connectivity index (χ2n) is 28.1. The Labute approximate surface area is 551 Å². The Balaban J connectivity index is 3.30. The van der Waals surface area contributed by atoms with Crippen molar-refractivity contribution in [3.63, 3.8) is 0 Å². The van der Waals surface area contributed by atoms with Crippen LogP contribution in [0, 0.1) is 0 Å². The summed E-state index contributed by atoms with van der Waals surface area (Å²) in [4.78, 5) is 24.7. The van der Waals surface area contributed by atoms with Gasteiger partial charge in [0.1, 0.15) is 0 Å². The van der Waals surface area contributed by atoms with E-state index in [1.165, 1.54) is 385 Å². The maximum Gasteiger partial charge on any atom is 0.305 e. The summed E-state index contributed by atoms with van der Waals surface area (Å²) >= 11 is 0. The largest absolute Gasteiger partial charge is 0.466 e. The first-order valence-electron chi connectivity index (χ1n) is 40.6. The van der Waals surface area contributed by atoms with Gasteiger partial charge in [0.15, 0.2) is 0 Å². The second kappa shape index (κ2) is 77.8. The van der Waals surface area contributed by atoms with E-state index in [1.54, 1.807) is 0 Å². The summed E-state index contributed by atoms with van der Waals surface area (Å²) in [7, 11) is 0. The molecule has 2 atom stereocenters. The molecule has 0 saturated carbocycles. The summed E-state index contributed by atoms with van der Waals surface area (Å²) in [5, 5.41) is 23.4. The van der Waals surface area contributed by atoms with E-state index in [-0.39, 0.29) is 18.5 Å². The van der Waals surface area contributed by atoms with Gasteiger partial charge in [-0.25, -0.2) is 0 Å². The smallest absolute Gasteiger partial charge is 0.305 e. The molecule has 0 spiro atoms. The molecule has 88 heavy (non-hydrogen) atoms. The van der Waals surface area contributed by atoms with E-state index in [0.29, 0.717) is 25.9 Å². The Hall–Kier alpha value is -1.66. The highest BCUT2D eigenvalue weighted by Gasteiger charge is 2.20. The van der Waals surface area contributed by atoms with E-state index >= 15 is 0 Å². The molecule has 6 nitrogen and oxygen atoms in total. The topological polar surface area (TPSA) is 95.9 Å². The molecular weight excluding hydrogens is 1080 g/mol. The number of amides is 1. The third kappa shape index (κ3) is 73.4. The Morgan fingerprint density at radius 1 is 0.318 bits per heavy atom. The first kappa shape index (κ1) is 86.3. The van der Waals surface area contributed by atoms with Gasteiger partial charge in [-0.3, -0.25) is 9.59 Å². The lowest BCUT2D eigenvalue weighted by atomic mass is 10.0. The van der Waals surface area contributed by atoms with E-state index in [9.17, 15) is 19.8 Å². The van der Waals surface area contributed by atoms with Crippen molar-refractivity contribution in [1.82, 2.24) is 5.32 Å². The van der Waals surface area contributed by atoms with Crippen LogP contribution in [0.25, 0.3) is 0 Å². The number of nitrogens with one attached hydrogen (secondary N) is 1. The van der Waals surface area contributed by atoms with Crippen molar-refractivity contribution < 1.29 is 24.5 Å². The van der Waals surface area contributed by atoms with Gasteiger partial charge >= 0.3 is 5.97 Å². The molecule has 0 fully saturated rings. The monoisotopic (exact) mass is 1240 g/mol. The molecule has 0 radical (unpaired) electrons. The van der Waals surface area contributed by atoms with Crippen LogP contribution in [-0.4, -0.2) is 47.4 Å². The van der Waals surface area contributed by atoms with Gasteiger partial charge in [0, 0.05) is 12.8 Å². The summed E-state index contributed by atoms with van der Waals surface area (Å²) in [6, 6.07) is -0.537. The fourth-order valence-corrected chi connectivity index (χ4v) is 13.1. The number of rotatable bonds is 77. The summed E-state index contributed by atoms with van der Waals surface area (Å²) in [6.07, 6.45) is 100.0. The predicted octanol–water partition coefficient (Wildman–Crippen LogP) is 26.8. The zero-order valence-electron chi connectivity index (χ0n) is 60.0. The zero-order chi connectivity index (χ0) is 63.5. The van der Waals surface area contributed by atoms with Crippen LogP contribution < -0.4 is 5.32 Å². The number of ether oxygens (including phenoxy) is 1. The predicted molar refractivity (Wildman–Crippen MR) is 389 cm³/mol. The molecule has 0 heterocycles. The molecule has 0 aliphatic heterocycles. The van der Waals surface area contributed by atoms with Crippen molar-refractivity contribution in [2.24, 2.45) is 0 Å². The van der Waals surface area contributed by atoms with E-state index in [2.05, 4.69) is 43.5 Å². The summed E-state index contributed by atoms with van der Waals surface area (Å²) < 4.78 is 5.52. The minimum atomic E-state index is -0.660. The van der Waals surface area contributed by atoms with Crippen molar-refractivity contribution in [3.8, 4) is 0 Å². The number of aliphatic hydroxyl groups is 2. The van der Waals surface area contributed by atoms with Crippen molar-refractivity contribution in [2.75, 3.05) is 13.2 Å². The van der Waals surface area contributed by atoms with Gasteiger partial charge < -0.3 is 20.3 Å². The lowest BCUT2D eigenvalue weighted by Gasteiger charge is -2.22. The molecule has 2 unspecified atom stereocenters. The van der Waals surface area contributed by atoms with Crippen LogP contribution in [0.4, 0.5) is 0 Å². The lowest BCUT2D eigenvalue weighted by Crippen LogP contribution is -2.45. The van der Waals surface area contributed by atoms with Gasteiger partial charge in [-0.2, -0.15) is 0 Å². The molecule has 0 saturated heterocycles. The summed E-state index contributed by atoms with van der Waals surface area (Å²) in [5.74, 6) is -0.00535. The highest BCUT2D eigenvalue weighted by atomic mass is 16.5. The van der Waals surface area contributed by atoms with Crippen LogP contribution >= 0.6 is 0 Å². The number of carbonyl (C=O) groups excluding carboxylic acids is 2. The molecule has 0 aromatic rings. The highest BCUT2D eigenvalue weighted by Crippen LogP contribution is 2.20. The number of carbonyl (C=O) groups is 2. The first-order chi connectivity index (χ1) is 43.5. The fraction of sp³-hybridized carbons (Fsp3) is 0.927. The molecule has 0 bridgehead atoms. The maximum atomic E-state index is 12.5. The van der Waals surface area contributed by atoms with Gasteiger partial charge in [0.25, 0.3) is 0 Å². The number of hydrogen-bond acceptors (Lipinski definition) is 5. The lowest BCUT2D eigenvalue weighted by molar-refractivity contribution is -0.143. The molecule has 0 aromatic heterocycles. The molecule has 522 valence electrons. The third-order valence-electron chi connectivity index (χ3n) is 19.3. The van der Waals surface area contributed by atoms with Crippen LogP contribution in [0.2, 0.25) is 0 Å². The SMILES string of the molecule is CCCCC/C=C\C/C=C\CCCCCCCCCCCC(=O)OCCCCCCCCCCCCCCCCCCCCCCCCCCCCCCCCCCCCCC(=O)NC(CO)C(O)CCCCCCCCCCCCCCCCCCC. The van der Waals surface area contributed by atoms with Gasteiger partial charge in [-0.15, -0.1) is 0 Å². The molecule has 1 amide bonds. The van der Waals surface area contributed by atoms with Crippen molar-refractivity contribution in [3.05, 3.63) is 24.3 Å². The Morgan fingerprint density at radius 2 is 0.568 bits per heavy atom. The van der Waals surface area contributed by atoms with E-state index in [4.69, 9.17) is 4.74 Å². The van der Waals surface area contributed by atoms with Gasteiger partial charge in [0.2, 0.25) is 5.91 Å². The first-order valence-corrected chi connectivity index (χ1v) is 40.6. The molecule has 0 aromatic carbocycles. The maximum absolute atomic E-state index is 12.5. The van der Waals surface area contributed by atoms with Gasteiger partial charge in [0.05, 0.1) is 25.4 Å². The zero-order valence-corrected chi connectivity index (χ0v) is 60.0. The normalized spacial score (nSPS) is 12.5. The third-order valence-corrected chi connectivity index (χ3v) is 19.3.